The molecule has 4 rings (SSSR count). The van der Waals surface area contributed by atoms with Crippen molar-refractivity contribution >= 4 is 17.5 Å². The van der Waals surface area contributed by atoms with Crippen LogP contribution < -0.4 is 10.2 Å². The normalized spacial score (nSPS) is 17.2. The molecule has 30 heavy (non-hydrogen) atoms. The van der Waals surface area contributed by atoms with Crippen LogP contribution in [0.25, 0.3) is 0 Å². The molecule has 2 N–H and O–H groups in total. The van der Waals surface area contributed by atoms with Gasteiger partial charge in [-0.05, 0) is 30.5 Å². The molecular formula is C23H25N5O2. The van der Waals surface area contributed by atoms with Crippen LogP contribution in [-0.4, -0.2) is 33.5 Å². The van der Waals surface area contributed by atoms with E-state index in [9.17, 15) is 9.59 Å². The highest BCUT2D eigenvalue weighted by Crippen LogP contribution is 2.29. The Balaban J connectivity index is 1.54. The van der Waals surface area contributed by atoms with E-state index in [-0.39, 0.29) is 18.2 Å². The molecule has 2 unspecified atom stereocenters. The molecule has 2 amide bonds. The molecule has 1 aromatic heterocycles. The molecule has 0 radical (unpaired) electrons. The fraction of sp³-hybridized carbons (Fsp3) is 0.304. The van der Waals surface area contributed by atoms with E-state index in [1.807, 2.05) is 61.5 Å². The van der Waals surface area contributed by atoms with Gasteiger partial charge in [0, 0.05) is 18.7 Å². The first-order chi connectivity index (χ1) is 14.6. The first kappa shape index (κ1) is 19.8. The summed E-state index contributed by atoms with van der Waals surface area (Å²) in [6.07, 6.45) is 1.02. The van der Waals surface area contributed by atoms with E-state index in [1.54, 1.807) is 4.90 Å². The molecule has 1 saturated heterocycles. The quantitative estimate of drug-likeness (QED) is 0.662. The summed E-state index contributed by atoms with van der Waals surface area (Å²) in [7, 11) is 0. The van der Waals surface area contributed by atoms with Crippen LogP contribution in [0.5, 0.6) is 0 Å². The summed E-state index contributed by atoms with van der Waals surface area (Å²) in [5, 5.41) is 10.1. The van der Waals surface area contributed by atoms with Gasteiger partial charge < -0.3 is 10.2 Å². The van der Waals surface area contributed by atoms with Crippen LogP contribution in [0.2, 0.25) is 0 Å². The number of nitrogens with zero attached hydrogens (tertiary/aromatic N) is 3. The minimum Gasteiger partial charge on any atom is -0.342 e. The summed E-state index contributed by atoms with van der Waals surface area (Å²) in [6.45, 7) is 4.25. The van der Waals surface area contributed by atoms with Gasteiger partial charge in [0.2, 0.25) is 11.8 Å². The van der Waals surface area contributed by atoms with Gasteiger partial charge in [0.25, 0.3) is 0 Å². The number of hydrogen-bond acceptors (Lipinski definition) is 4. The number of aryl methyl sites for hydroxylation is 2. The molecular weight excluding hydrogens is 378 g/mol. The first-order valence-electron chi connectivity index (χ1n) is 10.2. The Bertz CT molecular complexity index is 1050. The molecule has 0 aliphatic carbocycles. The highest BCUT2D eigenvalue weighted by Gasteiger charge is 2.37. The standard InChI is InChI=1S/C23H25N5O2/c1-3-16-9-7-8-12-19(16)28-14-18(13-20(28)29)23(30)25-21(17-10-5-4-6-11-17)22-24-15(2)26-27-22/h4-12,18,21H,3,13-14H2,1-2H3,(H,25,30)(H,24,26,27). The van der Waals surface area contributed by atoms with E-state index < -0.39 is 12.0 Å². The highest BCUT2D eigenvalue weighted by molar-refractivity contribution is 6.00. The van der Waals surface area contributed by atoms with Gasteiger partial charge >= 0.3 is 0 Å². The second-order valence-corrected chi connectivity index (χ2v) is 7.52. The van der Waals surface area contributed by atoms with E-state index in [0.29, 0.717) is 18.2 Å². The maximum Gasteiger partial charge on any atom is 0.227 e. The van der Waals surface area contributed by atoms with Crippen molar-refractivity contribution < 1.29 is 9.59 Å². The van der Waals surface area contributed by atoms with Crippen molar-refractivity contribution in [3.8, 4) is 0 Å². The van der Waals surface area contributed by atoms with Gasteiger partial charge in [0.05, 0.1) is 5.92 Å². The van der Waals surface area contributed by atoms with Crippen molar-refractivity contribution in [1.29, 1.82) is 0 Å². The van der Waals surface area contributed by atoms with Gasteiger partial charge in [0.15, 0.2) is 5.82 Å². The predicted octanol–water partition coefficient (Wildman–Crippen LogP) is 2.93. The summed E-state index contributed by atoms with van der Waals surface area (Å²) in [5.41, 5.74) is 2.89. The average Bonchev–Trinajstić information content (AvgIpc) is 3.38. The van der Waals surface area contributed by atoms with Crippen molar-refractivity contribution in [1.82, 2.24) is 20.5 Å². The molecule has 154 valence electrons. The summed E-state index contributed by atoms with van der Waals surface area (Å²) in [5.74, 6) is 0.564. The zero-order valence-corrected chi connectivity index (χ0v) is 17.1. The second kappa shape index (κ2) is 8.49. The van der Waals surface area contributed by atoms with E-state index in [4.69, 9.17) is 0 Å². The lowest BCUT2D eigenvalue weighted by Gasteiger charge is -2.21. The zero-order chi connectivity index (χ0) is 21.1. The number of nitrogens with one attached hydrogen (secondary N) is 2. The monoisotopic (exact) mass is 403 g/mol. The van der Waals surface area contributed by atoms with Gasteiger partial charge in [-0.1, -0.05) is 55.5 Å². The van der Waals surface area contributed by atoms with Crippen molar-refractivity contribution in [2.45, 2.75) is 32.7 Å². The number of amides is 2. The van der Waals surface area contributed by atoms with Crippen LogP contribution in [0.3, 0.4) is 0 Å². The molecule has 7 nitrogen and oxygen atoms in total. The zero-order valence-electron chi connectivity index (χ0n) is 17.1. The van der Waals surface area contributed by atoms with Crippen LogP contribution in [0.15, 0.2) is 54.6 Å². The van der Waals surface area contributed by atoms with Crippen molar-refractivity contribution in [2.24, 2.45) is 5.92 Å². The van der Waals surface area contributed by atoms with Crippen LogP contribution in [-0.2, 0) is 16.0 Å². The fourth-order valence-electron chi connectivity index (χ4n) is 3.88. The van der Waals surface area contributed by atoms with Crippen molar-refractivity contribution in [2.75, 3.05) is 11.4 Å². The predicted molar refractivity (Wildman–Crippen MR) is 114 cm³/mol. The Morgan fingerprint density at radius 2 is 1.93 bits per heavy atom. The molecule has 7 heteroatoms. The molecule has 1 fully saturated rings. The molecule has 2 atom stereocenters. The summed E-state index contributed by atoms with van der Waals surface area (Å²) in [6, 6.07) is 17.0. The number of carbonyl (C=O) groups is 2. The molecule has 2 heterocycles. The van der Waals surface area contributed by atoms with E-state index in [0.717, 1.165) is 23.2 Å². The lowest BCUT2D eigenvalue weighted by molar-refractivity contribution is -0.126. The third-order valence-corrected chi connectivity index (χ3v) is 5.45. The minimum absolute atomic E-state index is 0.0268. The average molecular weight is 403 g/mol. The number of carbonyl (C=O) groups excluding carboxylic acids is 2. The molecule has 1 aliphatic heterocycles. The number of aromatic nitrogens is 3. The fourth-order valence-corrected chi connectivity index (χ4v) is 3.88. The number of para-hydroxylation sites is 1. The van der Waals surface area contributed by atoms with E-state index in [1.165, 1.54) is 0 Å². The van der Waals surface area contributed by atoms with E-state index >= 15 is 0 Å². The molecule has 1 aliphatic rings. The smallest absolute Gasteiger partial charge is 0.227 e. The number of aromatic amines is 1. The molecule has 0 bridgehead atoms. The number of H-pyrrole nitrogens is 1. The van der Waals surface area contributed by atoms with Gasteiger partial charge in [-0.3, -0.25) is 14.7 Å². The number of hydrogen-bond donors (Lipinski definition) is 2. The molecule has 2 aromatic carbocycles. The van der Waals surface area contributed by atoms with Crippen LogP contribution in [0, 0.1) is 12.8 Å². The van der Waals surface area contributed by atoms with Gasteiger partial charge in [-0.2, -0.15) is 5.10 Å². The Morgan fingerprint density at radius 3 is 2.63 bits per heavy atom. The first-order valence-corrected chi connectivity index (χ1v) is 10.2. The largest absolute Gasteiger partial charge is 0.342 e. The van der Waals surface area contributed by atoms with Crippen molar-refractivity contribution in [3.05, 3.63) is 77.4 Å². The van der Waals surface area contributed by atoms with Crippen LogP contribution >= 0.6 is 0 Å². The molecule has 0 spiro atoms. The van der Waals surface area contributed by atoms with Gasteiger partial charge in [0.1, 0.15) is 11.9 Å². The third kappa shape index (κ3) is 3.96. The minimum atomic E-state index is -0.476. The van der Waals surface area contributed by atoms with E-state index in [2.05, 4.69) is 27.4 Å². The maximum atomic E-state index is 13.1. The SMILES string of the molecule is CCc1ccccc1N1CC(C(=O)NC(c2ccccc2)c2n[nH]c(C)n2)CC1=O. The van der Waals surface area contributed by atoms with Crippen LogP contribution in [0.4, 0.5) is 5.69 Å². The Labute approximate surface area is 175 Å². The molecule has 3 aromatic rings. The number of rotatable bonds is 6. The lowest BCUT2D eigenvalue weighted by Crippen LogP contribution is -2.36. The van der Waals surface area contributed by atoms with Gasteiger partial charge in [-0.15, -0.1) is 0 Å². The van der Waals surface area contributed by atoms with Gasteiger partial charge in [-0.25, -0.2) is 4.98 Å². The maximum absolute atomic E-state index is 13.1. The molecule has 0 saturated carbocycles. The Morgan fingerprint density at radius 1 is 1.20 bits per heavy atom. The highest BCUT2D eigenvalue weighted by atomic mass is 16.2. The second-order valence-electron chi connectivity index (χ2n) is 7.52. The Hall–Kier alpha value is -3.48. The lowest BCUT2D eigenvalue weighted by atomic mass is 10.0. The number of anilines is 1. The topological polar surface area (TPSA) is 91.0 Å². The van der Waals surface area contributed by atoms with Crippen LogP contribution in [0.1, 0.15) is 42.2 Å². The van der Waals surface area contributed by atoms with Crippen molar-refractivity contribution in [3.63, 3.8) is 0 Å². The third-order valence-electron chi connectivity index (χ3n) is 5.45. The Kier molecular flexibility index (Phi) is 5.61. The summed E-state index contributed by atoms with van der Waals surface area (Å²) in [4.78, 5) is 32.0. The number of benzene rings is 2. The summed E-state index contributed by atoms with van der Waals surface area (Å²) < 4.78 is 0. The summed E-state index contributed by atoms with van der Waals surface area (Å²) >= 11 is 0.